The fourth-order valence-electron chi connectivity index (χ4n) is 0. The van der Waals surface area contributed by atoms with E-state index in [-0.39, 0.29) is 56.5 Å². The molecule has 0 aliphatic rings. The molecule has 0 aromatic heterocycles. The molecule has 1 nitrogen and oxygen atoms in total. The number of nitrogens with two attached hydrogens (primary N) is 1. The van der Waals surface area contributed by atoms with Crippen molar-refractivity contribution in [2.24, 2.45) is 0 Å². The summed E-state index contributed by atoms with van der Waals surface area (Å²) in [7, 11) is 0. The second-order valence-electron chi connectivity index (χ2n) is 0. The van der Waals surface area contributed by atoms with E-state index in [9.17, 15) is 0 Å². The average molecular weight is 189 g/mol. The van der Waals surface area contributed by atoms with E-state index in [0.29, 0.717) is 0 Å². The minimum absolute atomic E-state index is 0. The second-order valence-corrected chi connectivity index (χ2v) is 0. The van der Waals surface area contributed by atoms with Crippen LogP contribution in [-0.2, 0) is 50.3 Å². The molecule has 0 amide bonds. The average Bonchev–Trinajstić information content (AvgIpc) is 0. The van der Waals surface area contributed by atoms with Crippen LogP contribution in [0.3, 0.4) is 0 Å². The van der Waals surface area contributed by atoms with Gasteiger partial charge in [0.1, 0.15) is 0 Å². The zero-order valence-corrected chi connectivity index (χ0v) is 4.81. The van der Waals surface area contributed by atoms with Crippen LogP contribution in [-0.4, -0.2) is 0 Å². The van der Waals surface area contributed by atoms with Crippen molar-refractivity contribution in [2.75, 3.05) is 0 Å². The van der Waals surface area contributed by atoms with Gasteiger partial charge in [-0.25, -0.2) is 0 Å². The molecule has 0 aliphatic carbocycles. The zero-order valence-electron chi connectivity index (χ0n) is 1.60. The summed E-state index contributed by atoms with van der Waals surface area (Å²) >= 11 is 0. The van der Waals surface area contributed by atoms with Gasteiger partial charge in [0.2, 0.25) is 0 Å². The molecule has 0 rings (SSSR count). The van der Waals surface area contributed by atoms with E-state index in [0.717, 1.165) is 0 Å². The van der Waals surface area contributed by atoms with Crippen molar-refractivity contribution in [2.45, 2.75) is 0 Å². The molecule has 0 bridgehead atoms. The summed E-state index contributed by atoms with van der Waals surface area (Å²) in [5.74, 6) is 0. The van der Waals surface area contributed by atoms with Crippen molar-refractivity contribution in [3.63, 3.8) is 0 Å². The van der Waals surface area contributed by atoms with Crippen LogP contribution in [0.2, 0.25) is 0 Å². The number of hydrogen-bond acceptors (Lipinski definition) is 0. The van der Waals surface area contributed by atoms with E-state index >= 15 is 0 Å². The van der Waals surface area contributed by atoms with Crippen LogP contribution < -0.4 is 0 Å². The first-order valence-electron chi connectivity index (χ1n) is 0. The van der Waals surface area contributed by atoms with Gasteiger partial charge in [0.05, 0.1) is 0 Å². The first-order valence-corrected chi connectivity index (χ1v) is 0. The van der Waals surface area contributed by atoms with Gasteiger partial charge in [0.15, 0.2) is 0 Å². The Kier molecular flexibility index (Phi) is 311. The first kappa shape index (κ1) is 50.2. The Morgan fingerprint density at radius 2 is 1.00 bits per heavy atom. The predicted octanol–water partition coefficient (Wildman–Crippen LogP) is 0.710. The third kappa shape index (κ3) is 9.77. The van der Waals surface area contributed by atoms with Crippen molar-refractivity contribution in [3.05, 3.63) is 6.15 Å². The summed E-state index contributed by atoms with van der Waals surface area (Å²) in [5.41, 5.74) is 0. The largest absolute Gasteiger partial charge is 0.693 e. The summed E-state index contributed by atoms with van der Waals surface area (Å²) in [4.78, 5) is 0. The smallest absolute Gasteiger partial charge is 0 e. The molecule has 0 saturated carbocycles. The molecule has 0 unspecified atom stereocenters. The van der Waals surface area contributed by atoms with Gasteiger partial charge >= 0.3 is 0 Å². The van der Waals surface area contributed by atoms with Gasteiger partial charge < -0.3 is 6.15 Å². The van der Waals surface area contributed by atoms with E-state index in [1.54, 1.807) is 0 Å². The van der Waals surface area contributed by atoms with Gasteiger partial charge in [-0.1, -0.05) is 0 Å². The van der Waals surface area contributed by atoms with Crippen molar-refractivity contribution in [3.8, 4) is 0 Å². The van der Waals surface area contributed by atoms with Crippen LogP contribution in [0.25, 0.3) is 6.15 Å². The van der Waals surface area contributed by atoms with E-state index in [1.165, 1.54) is 0 Å². The van der Waals surface area contributed by atoms with Gasteiger partial charge in [0.25, 0.3) is 0 Å². The molecule has 0 aliphatic heterocycles. The maximum absolute atomic E-state index is 0. The van der Waals surface area contributed by atoms with Crippen LogP contribution in [0, 0.1) is 0 Å². The number of hydrogen-bond donors (Lipinski definition) is 0. The Morgan fingerprint density at radius 3 is 1.00 bits per heavy atom. The molecule has 4 heteroatoms. The van der Waals surface area contributed by atoms with Crippen LogP contribution in [0.4, 0.5) is 0 Å². The van der Waals surface area contributed by atoms with Gasteiger partial charge in [-0.15, -0.1) is 0 Å². The van der Waals surface area contributed by atoms with Crippen LogP contribution in [0.5, 0.6) is 0 Å². The minimum Gasteiger partial charge on any atom is -0.693 e. The summed E-state index contributed by atoms with van der Waals surface area (Å²) < 4.78 is 0. The second kappa shape index (κ2) is 24.8. The summed E-state index contributed by atoms with van der Waals surface area (Å²) in [5, 5.41) is 0. The van der Waals surface area contributed by atoms with Crippen molar-refractivity contribution < 1.29 is 50.3 Å². The van der Waals surface area contributed by atoms with E-state index < -0.39 is 0 Å². The minimum atomic E-state index is 0. The van der Waals surface area contributed by atoms with E-state index in [1.807, 2.05) is 0 Å². The molecule has 2 N–H and O–H groups in total. The predicted molar refractivity (Wildman–Crippen MR) is 5.28 cm³/mol. The molecule has 34 valence electrons. The van der Waals surface area contributed by atoms with Gasteiger partial charge in [-0.3, -0.25) is 0 Å². The first-order chi connectivity index (χ1) is 0. The third-order valence-corrected chi connectivity index (χ3v) is 0. The number of rotatable bonds is 0. The zero-order chi connectivity index (χ0) is 0. The van der Waals surface area contributed by atoms with Crippen LogP contribution >= 0.6 is 0 Å². The normalized spacial score (nSPS) is 0. The molecule has 0 spiro atoms. The summed E-state index contributed by atoms with van der Waals surface area (Å²) in [6.45, 7) is 0. The van der Waals surface area contributed by atoms with Gasteiger partial charge in [-0.05, 0) is 0 Å². The van der Waals surface area contributed by atoms with E-state index in [2.05, 4.69) is 0 Å². The maximum Gasteiger partial charge on any atom is 0 e. The molecule has 0 aromatic rings. The van der Waals surface area contributed by atoms with Gasteiger partial charge in [-0.2, -0.15) is 0 Å². The molecular weight excluding hydrogens is 187 g/mol. The topological polar surface area (TPSA) is 33.5 Å². The quantitative estimate of drug-likeness (QED) is 0.502. The Morgan fingerprint density at radius 1 is 1.00 bits per heavy atom. The molecule has 0 atom stereocenters. The Hall–Kier alpha value is 1.48. The van der Waals surface area contributed by atoms with Crippen molar-refractivity contribution >= 4 is 0 Å². The molecule has 0 saturated heterocycles. The van der Waals surface area contributed by atoms with Crippen molar-refractivity contribution in [1.29, 1.82) is 0 Å². The SMILES string of the molecule is [Co].[Mn].[NH2-].[Ni]. The summed E-state index contributed by atoms with van der Waals surface area (Å²) in [6.07, 6.45) is 0. The van der Waals surface area contributed by atoms with E-state index in [4.69, 9.17) is 0 Å². The Balaban J connectivity index is 0. The third-order valence-electron chi connectivity index (χ3n) is 0. The van der Waals surface area contributed by atoms with Crippen LogP contribution in [0.15, 0.2) is 0 Å². The fraction of sp³-hybridized carbons (Fsp3) is 0. The molecule has 0 fully saturated rings. The maximum atomic E-state index is 0. The standard InChI is InChI=1S/Co.Mn.H2N.Ni/h;;1H2;/q;;-1;. The fourth-order valence-corrected chi connectivity index (χ4v) is 0. The summed E-state index contributed by atoms with van der Waals surface area (Å²) in [6, 6.07) is 0. The van der Waals surface area contributed by atoms with Crippen molar-refractivity contribution in [1.82, 2.24) is 0 Å². The Bertz CT molecular complexity index is 8.00. The molecular formula is H2CoMnNNi-. The molecule has 2 radical (unpaired) electrons. The van der Waals surface area contributed by atoms with Crippen LogP contribution in [0.1, 0.15) is 0 Å². The monoisotopic (exact) mass is 188 g/mol. The van der Waals surface area contributed by atoms with Gasteiger partial charge in [0, 0.05) is 50.3 Å². The molecule has 0 aromatic carbocycles. The molecule has 0 heterocycles. The Labute approximate surface area is 56.5 Å². The molecule has 4 heavy (non-hydrogen) atoms.